The molecule has 0 spiro atoms. The fourth-order valence-corrected chi connectivity index (χ4v) is 36.3. The molecule has 4 radical (unpaired) electrons. The van der Waals surface area contributed by atoms with E-state index in [1.165, 1.54) is 53.8 Å². The molecule has 4 heterocycles. The van der Waals surface area contributed by atoms with E-state index in [4.69, 9.17) is 15.1 Å². The summed E-state index contributed by atoms with van der Waals surface area (Å²) in [7, 11) is 11.6. The molecule has 72 heavy (non-hydrogen) atoms. The van der Waals surface area contributed by atoms with Gasteiger partial charge in [-0.3, -0.25) is 0 Å². The molecule has 0 aliphatic carbocycles. The van der Waals surface area contributed by atoms with Gasteiger partial charge in [0.15, 0.2) is 0 Å². The van der Waals surface area contributed by atoms with Gasteiger partial charge in [-0.05, 0) is 102 Å². The minimum Gasteiger partial charge on any atom is -0.0869 e. The normalized spacial score (nSPS) is 29.8. The van der Waals surface area contributed by atoms with Crippen LogP contribution in [0.1, 0.15) is 141 Å². The average molecular weight is 1010 g/mol. The van der Waals surface area contributed by atoms with Crippen molar-refractivity contribution in [3.05, 3.63) is 287 Å². The molecule has 4 fully saturated rings. The zero-order valence-corrected chi connectivity index (χ0v) is 45.3. The second-order valence-corrected chi connectivity index (χ2v) is 34.3. The SMILES string of the molecule is [B][P+]1(C[P+]2([B])C(c3ccccc3)CC[C@@H]2c2ccccc2)C(c2ccccc2)CC[C@@H]1c1ccccc1.c1ccc(C2CC[C@H](c3ccccc3)P2CP2C(c3ccccc3)CC[C@@H]2c2ccccc2)cc1. The lowest BCUT2D eigenvalue weighted by atomic mass is 10.0. The van der Waals surface area contributed by atoms with Crippen LogP contribution in [0.15, 0.2) is 243 Å². The van der Waals surface area contributed by atoms with E-state index in [0.717, 1.165) is 54.2 Å². The summed E-state index contributed by atoms with van der Waals surface area (Å²) in [5.74, 6) is 2.45. The van der Waals surface area contributed by atoms with Crippen LogP contribution in [-0.2, 0) is 0 Å². The van der Waals surface area contributed by atoms with E-state index >= 15 is 0 Å². The average Bonchev–Trinajstić information content (AvgIpc) is 4.24. The molecule has 4 aliphatic rings. The van der Waals surface area contributed by atoms with Gasteiger partial charge in [-0.15, -0.1) is 0 Å². The lowest BCUT2D eigenvalue weighted by molar-refractivity contribution is 0.765. The minimum atomic E-state index is -1.99. The van der Waals surface area contributed by atoms with Crippen LogP contribution in [0.3, 0.4) is 0 Å². The molecule has 4 saturated heterocycles. The Morgan fingerprint density at radius 1 is 0.264 bits per heavy atom. The third-order valence-electron chi connectivity index (χ3n) is 17.1. The highest BCUT2D eigenvalue weighted by atomic mass is 31.2. The second-order valence-electron chi connectivity index (χ2n) is 21.0. The van der Waals surface area contributed by atoms with E-state index in [1.807, 2.05) is 0 Å². The number of hydrogen-bond acceptors (Lipinski definition) is 0. The molecule has 12 atom stereocenters. The molecule has 0 bridgehead atoms. The summed E-state index contributed by atoms with van der Waals surface area (Å²) in [5.41, 5.74) is 16.5. The van der Waals surface area contributed by atoms with Crippen molar-refractivity contribution in [3.8, 4) is 0 Å². The van der Waals surface area contributed by atoms with Crippen LogP contribution >= 0.6 is 30.1 Å². The van der Waals surface area contributed by atoms with Crippen molar-refractivity contribution in [2.24, 2.45) is 0 Å². The predicted octanol–water partition coefficient (Wildman–Crippen LogP) is 20.2. The summed E-state index contributed by atoms with van der Waals surface area (Å²) in [4.78, 5) is 0. The fourth-order valence-electron chi connectivity index (χ4n) is 13.8. The third-order valence-corrected chi connectivity index (χ3v) is 35.9. The van der Waals surface area contributed by atoms with E-state index < -0.39 is 14.3 Å². The Morgan fingerprint density at radius 3 is 0.639 bits per heavy atom. The van der Waals surface area contributed by atoms with Crippen LogP contribution in [0.4, 0.5) is 0 Å². The van der Waals surface area contributed by atoms with Crippen molar-refractivity contribution in [2.75, 3.05) is 11.8 Å². The first-order chi connectivity index (χ1) is 35.5. The van der Waals surface area contributed by atoms with Gasteiger partial charge in [0, 0.05) is 36.9 Å². The molecule has 6 heteroatoms. The first kappa shape index (κ1) is 49.8. The van der Waals surface area contributed by atoms with E-state index in [0.29, 0.717) is 22.6 Å². The Labute approximate surface area is 438 Å². The zero-order valence-electron chi connectivity index (χ0n) is 41.7. The van der Waals surface area contributed by atoms with E-state index in [9.17, 15) is 0 Å². The van der Waals surface area contributed by atoms with E-state index in [2.05, 4.69) is 243 Å². The Morgan fingerprint density at radius 2 is 0.444 bits per heavy atom. The highest BCUT2D eigenvalue weighted by Crippen LogP contribution is 2.94. The van der Waals surface area contributed by atoms with Crippen LogP contribution in [-0.4, -0.2) is 26.9 Å². The smallest absolute Gasteiger partial charge is 0.0869 e. The lowest BCUT2D eigenvalue weighted by Gasteiger charge is -2.39. The Balaban J connectivity index is 0.000000156. The molecule has 4 aliphatic heterocycles. The van der Waals surface area contributed by atoms with Gasteiger partial charge in [0.25, 0.3) is 0 Å². The molecule has 0 saturated carbocycles. The Hall–Kier alpha value is -4.39. The number of hydrogen-bond donors (Lipinski definition) is 0. The molecular formula is C66H68B2P4+2. The molecule has 8 aromatic carbocycles. The van der Waals surface area contributed by atoms with Crippen LogP contribution in [0.2, 0.25) is 0 Å². The molecule has 0 nitrogen and oxygen atoms in total. The topological polar surface area (TPSA) is 0 Å². The van der Waals surface area contributed by atoms with Crippen molar-refractivity contribution in [1.82, 2.24) is 0 Å². The maximum absolute atomic E-state index is 7.92. The first-order valence-electron chi connectivity index (χ1n) is 26.7. The van der Waals surface area contributed by atoms with Gasteiger partial charge in [0.05, 0.1) is 22.6 Å². The minimum absolute atomic E-state index is 0.141. The molecule has 12 rings (SSSR count). The van der Waals surface area contributed by atoms with Crippen molar-refractivity contribution in [3.63, 3.8) is 0 Å². The number of rotatable bonds is 12. The maximum Gasteiger partial charge on any atom is 0.370 e. The van der Waals surface area contributed by atoms with Crippen molar-refractivity contribution < 1.29 is 0 Å². The Bertz CT molecular complexity index is 2510. The number of benzene rings is 8. The van der Waals surface area contributed by atoms with Crippen molar-refractivity contribution >= 4 is 45.3 Å². The highest BCUT2D eigenvalue weighted by Gasteiger charge is 2.65. The van der Waals surface area contributed by atoms with Crippen LogP contribution in [0.25, 0.3) is 0 Å². The van der Waals surface area contributed by atoms with E-state index in [1.54, 1.807) is 22.3 Å². The lowest BCUT2D eigenvalue weighted by Crippen LogP contribution is -2.17. The molecule has 0 amide bonds. The van der Waals surface area contributed by atoms with Gasteiger partial charge < -0.3 is 0 Å². The van der Waals surface area contributed by atoms with E-state index in [-0.39, 0.29) is 15.8 Å². The Kier molecular flexibility index (Phi) is 15.9. The largest absolute Gasteiger partial charge is 0.370 e. The van der Waals surface area contributed by atoms with Crippen LogP contribution in [0.5, 0.6) is 0 Å². The molecule has 0 N–H and O–H groups in total. The standard InChI is InChI=1S/C33H34B2P2.C33H34P2/c34-36(30(26-13-5-1-6-14-26)21-22-31(36)27-15-7-2-8-16-27)25-37(35)32(28-17-9-3-10-18-28)23-24-33(37)29-19-11-4-12-20-29;1-5-13-26(14-6-1)30-21-22-31(27-15-7-2-8-16-27)34(30)25-35-32(28-17-9-3-10-18-28)23-24-33(35)29-19-11-4-12-20-29/h1-20,30-33H,21-25H2;1-20,30-33H,21-25H2/q+2;/t30-,31?,32-,33?,36?,37?;30-,31?,32-,33?,34?,35?/m11/s1. The molecule has 8 aromatic rings. The predicted molar refractivity (Wildman–Crippen MR) is 319 cm³/mol. The maximum atomic E-state index is 7.92. The second kappa shape index (κ2) is 23.0. The summed E-state index contributed by atoms with van der Waals surface area (Å²) in [6.07, 6.45) is 9.96. The van der Waals surface area contributed by atoms with Gasteiger partial charge in [-0.25, -0.2) is 0 Å². The van der Waals surface area contributed by atoms with Crippen molar-refractivity contribution in [1.29, 1.82) is 0 Å². The van der Waals surface area contributed by atoms with Crippen LogP contribution in [0, 0.1) is 0 Å². The first-order valence-corrected chi connectivity index (χ1v) is 34.4. The quantitative estimate of drug-likeness (QED) is 0.0845. The molecule has 0 aromatic heterocycles. The fraction of sp³-hybridized carbons (Fsp3) is 0.273. The van der Waals surface area contributed by atoms with Gasteiger partial charge in [-0.2, -0.15) is 0 Å². The monoisotopic (exact) mass is 1010 g/mol. The van der Waals surface area contributed by atoms with Crippen LogP contribution < -0.4 is 0 Å². The molecule has 356 valence electrons. The van der Waals surface area contributed by atoms with Gasteiger partial charge >= 0.3 is 15.1 Å². The summed E-state index contributed by atoms with van der Waals surface area (Å²) in [6.45, 7) is 0. The zero-order chi connectivity index (χ0) is 48.7. The molecular weight excluding hydrogens is 938 g/mol. The van der Waals surface area contributed by atoms with Gasteiger partial charge in [0.1, 0.15) is 5.90 Å². The summed E-state index contributed by atoms with van der Waals surface area (Å²) in [5, 5.41) is 0. The summed E-state index contributed by atoms with van der Waals surface area (Å²) in [6, 6.07) is 90.2. The third kappa shape index (κ3) is 10.5. The summed E-state index contributed by atoms with van der Waals surface area (Å²) >= 11 is 0. The van der Waals surface area contributed by atoms with Gasteiger partial charge in [-0.1, -0.05) is 258 Å². The van der Waals surface area contributed by atoms with Gasteiger partial charge in [0.2, 0.25) is 0 Å². The highest BCUT2D eigenvalue weighted by molar-refractivity contribution is 8.12. The molecule has 8 unspecified atom stereocenters. The summed E-state index contributed by atoms with van der Waals surface area (Å²) < 4.78 is 0. The van der Waals surface area contributed by atoms with Crippen molar-refractivity contribution in [2.45, 2.75) is 96.6 Å².